The first kappa shape index (κ1) is 23.0. The number of nitrogens with zero attached hydrogens (tertiary/aromatic N) is 2. The highest BCUT2D eigenvalue weighted by Crippen LogP contribution is 2.37. The molecule has 0 aliphatic heterocycles. The van der Waals surface area contributed by atoms with Crippen LogP contribution in [0.5, 0.6) is 5.75 Å². The molecule has 1 aromatic heterocycles. The normalized spacial score (nSPS) is 11.6. The number of aromatic nitrogens is 2. The minimum Gasteiger partial charge on any atom is -0.497 e. The molecule has 9 heteroatoms. The van der Waals surface area contributed by atoms with Crippen LogP contribution in [0.1, 0.15) is 12.5 Å². The summed E-state index contributed by atoms with van der Waals surface area (Å²) in [4.78, 5) is 14.2. The number of rotatable bonds is 7. The van der Waals surface area contributed by atoms with Crippen LogP contribution in [0.25, 0.3) is 11.0 Å². The molecule has 1 heterocycles. The first-order valence-corrected chi connectivity index (χ1v) is 12.7. The molecular formula is C24H25N3O4S2. The molecule has 1 N–H and O–H groups in total. The summed E-state index contributed by atoms with van der Waals surface area (Å²) in [7, 11) is 1.15. The van der Waals surface area contributed by atoms with Crippen LogP contribution in [0.2, 0.25) is 0 Å². The Balaban J connectivity index is 1.80. The van der Waals surface area contributed by atoms with Gasteiger partial charge in [0, 0.05) is 23.9 Å². The summed E-state index contributed by atoms with van der Waals surface area (Å²) in [5.74, 6) is 0.733. The van der Waals surface area contributed by atoms with Crippen molar-refractivity contribution < 1.29 is 13.2 Å². The zero-order chi connectivity index (χ0) is 23.8. The summed E-state index contributed by atoms with van der Waals surface area (Å²) < 4.78 is 37.4. The molecule has 0 aliphatic carbocycles. The number of methoxy groups -OCH3 is 1. The quantitative estimate of drug-likeness (QED) is 0.421. The Hall–Kier alpha value is -3.17. The third-order valence-corrected chi connectivity index (χ3v) is 7.99. The molecule has 0 unspecified atom stereocenters. The van der Waals surface area contributed by atoms with Gasteiger partial charge in [-0.25, -0.2) is 13.2 Å². The first-order valence-electron chi connectivity index (χ1n) is 10.4. The van der Waals surface area contributed by atoms with Crippen molar-refractivity contribution in [1.82, 2.24) is 9.13 Å². The lowest BCUT2D eigenvalue weighted by Gasteiger charge is -2.14. The number of benzene rings is 3. The first-order chi connectivity index (χ1) is 15.7. The van der Waals surface area contributed by atoms with Gasteiger partial charge in [0.2, 0.25) is 0 Å². The van der Waals surface area contributed by atoms with Crippen molar-refractivity contribution in [3.8, 4) is 5.75 Å². The Bertz CT molecular complexity index is 1470. The molecule has 7 nitrogen and oxygen atoms in total. The SMILES string of the molecule is CCc1ccc(S(=O)(=O)Nc2cc3c(cc2Sc2ccc(OC)cc2)n(C)c(=O)n3C)cc1. The highest BCUT2D eigenvalue weighted by Gasteiger charge is 2.19. The molecule has 0 fully saturated rings. The summed E-state index contributed by atoms with van der Waals surface area (Å²) in [6, 6.07) is 17.9. The van der Waals surface area contributed by atoms with E-state index in [2.05, 4.69) is 4.72 Å². The van der Waals surface area contributed by atoms with Gasteiger partial charge in [-0.05, 0) is 60.5 Å². The molecule has 172 valence electrons. The van der Waals surface area contributed by atoms with E-state index in [9.17, 15) is 13.2 Å². The smallest absolute Gasteiger partial charge is 0.328 e. The van der Waals surface area contributed by atoms with Gasteiger partial charge in [-0.15, -0.1) is 0 Å². The molecule has 0 radical (unpaired) electrons. The maximum absolute atomic E-state index is 13.2. The molecule has 0 spiro atoms. The van der Waals surface area contributed by atoms with Gasteiger partial charge in [-0.3, -0.25) is 13.9 Å². The fourth-order valence-corrected chi connectivity index (χ4v) is 5.62. The highest BCUT2D eigenvalue weighted by atomic mass is 32.2. The third-order valence-electron chi connectivity index (χ3n) is 5.55. The van der Waals surface area contributed by atoms with Gasteiger partial charge in [-0.2, -0.15) is 0 Å². The van der Waals surface area contributed by atoms with Gasteiger partial charge in [0.1, 0.15) is 5.75 Å². The summed E-state index contributed by atoms with van der Waals surface area (Å²) in [5, 5.41) is 0. The number of aryl methyl sites for hydroxylation is 3. The number of hydrogen-bond donors (Lipinski definition) is 1. The minimum atomic E-state index is -3.83. The summed E-state index contributed by atoms with van der Waals surface area (Å²) in [6.07, 6.45) is 0.828. The van der Waals surface area contributed by atoms with E-state index in [4.69, 9.17) is 4.74 Å². The number of sulfonamides is 1. The number of hydrogen-bond acceptors (Lipinski definition) is 5. The van der Waals surface area contributed by atoms with E-state index in [1.165, 1.54) is 16.3 Å². The van der Waals surface area contributed by atoms with Crippen LogP contribution in [0, 0.1) is 0 Å². The summed E-state index contributed by atoms with van der Waals surface area (Å²) >= 11 is 1.41. The van der Waals surface area contributed by atoms with Crippen LogP contribution < -0.4 is 15.1 Å². The van der Waals surface area contributed by atoms with Crippen molar-refractivity contribution in [1.29, 1.82) is 0 Å². The van der Waals surface area contributed by atoms with E-state index in [0.29, 0.717) is 21.6 Å². The number of fused-ring (bicyclic) bond motifs is 1. The van der Waals surface area contributed by atoms with Gasteiger partial charge in [-0.1, -0.05) is 30.8 Å². The predicted octanol–water partition coefficient (Wildman–Crippen LogP) is 4.40. The topological polar surface area (TPSA) is 82.3 Å². The lowest BCUT2D eigenvalue weighted by Crippen LogP contribution is -2.19. The number of nitrogens with one attached hydrogen (secondary N) is 1. The van der Waals surface area contributed by atoms with Gasteiger partial charge >= 0.3 is 5.69 Å². The Morgan fingerprint density at radius 1 is 0.939 bits per heavy atom. The molecule has 3 aromatic carbocycles. The molecule has 0 saturated heterocycles. The summed E-state index contributed by atoms with van der Waals surface area (Å²) in [5.41, 5.74) is 2.64. The maximum atomic E-state index is 13.2. The predicted molar refractivity (Wildman–Crippen MR) is 132 cm³/mol. The fourth-order valence-electron chi connectivity index (χ4n) is 3.57. The number of imidazole rings is 1. The minimum absolute atomic E-state index is 0.180. The second kappa shape index (κ2) is 8.99. The molecule has 0 saturated carbocycles. The van der Waals surface area contributed by atoms with Crippen molar-refractivity contribution in [2.75, 3.05) is 11.8 Å². The molecule has 0 atom stereocenters. The average molecular weight is 484 g/mol. The maximum Gasteiger partial charge on any atom is 0.328 e. The standard InChI is InChI=1S/C24H25N3O4S2/c1-5-16-6-12-19(13-7-16)33(29,30)25-20-14-21-22(27(3)24(28)26(21)2)15-23(20)32-18-10-8-17(31-4)9-11-18/h6-15,25H,5H2,1-4H3. The van der Waals surface area contributed by atoms with E-state index in [1.54, 1.807) is 44.0 Å². The average Bonchev–Trinajstić information content (AvgIpc) is 3.03. The second-order valence-corrected chi connectivity index (χ2v) is 10.4. The van der Waals surface area contributed by atoms with E-state index in [1.807, 2.05) is 49.4 Å². The molecule has 0 amide bonds. The molecule has 4 aromatic rings. The Morgan fingerprint density at radius 3 is 2.12 bits per heavy atom. The molecule has 4 rings (SSSR count). The van der Waals surface area contributed by atoms with Crippen molar-refractivity contribution in [2.24, 2.45) is 14.1 Å². The van der Waals surface area contributed by atoms with Crippen LogP contribution in [-0.4, -0.2) is 24.7 Å². The molecule has 0 aliphatic rings. The van der Waals surface area contributed by atoms with Gasteiger partial charge in [0.05, 0.1) is 28.7 Å². The third kappa shape index (κ3) is 4.51. The Morgan fingerprint density at radius 2 is 1.55 bits per heavy atom. The van der Waals surface area contributed by atoms with Crippen molar-refractivity contribution in [3.63, 3.8) is 0 Å². The lowest BCUT2D eigenvalue weighted by molar-refractivity contribution is 0.414. The zero-order valence-corrected chi connectivity index (χ0v) is 20.5. The highest BCUT2D eigenvalue weighted by molar-refractivity contribution is 7.99. The van der Waals surface area contributed by atoms with Crippen LogP contribution in [-0.2, 0) is 30.5 Å². The zero-order valence-electron chi connectivity index (χ0n) is 18.8. The summed E-state index contributed by atoms with van der Waals surface area (Å²) in [6.45, 7) is 2.02. The Kier molecular flexibility index (Phi) is 6.27. The number of ether oxygens (including phenoxy) is 1. The van der Waals surface area contributed by atoms with E-state index < -0.39 is 10.0 Å². The molecule has 0 bridgehead atoms. The number of anilines is 1. The van der Waals surface area contributed by atoms with Crippen LogP contribution in [0.15, 0.2) is 80.1 Å². The van der Waals surface area contributed by atoms with Gasteiger partial charge in [0.25, 0.3) is 10.0 Å². The van der Waals surface area contributed by atoms with E-state index in [0.717, 1.165) is 22.6 Å². The van der Waals surface area contributed by atoms with Crippen LogP contribution >= 0.6 is 11.8 Å². The van der Waals surface area contributed by atoms with E-state index >= 15 is 0 Å². The molecule has 33 heavy (non-hydrogen) atoms. The van der Waals surface area contributed by atoms with E-state index in [-0.39, 0.29) is 10.6 Å². The van der Waals surface area contributed by atoms with Crippen molar-refractivity contribution in [2.45, 2.75) is 28.0 Å². The lowest BCUT2D eigenvalue weighted by atomic mass is 10.2. The van der Waals surface area contributed by atoms with Gasteiger partial charge < -0.3 is 4.74 Å². The van der Waals surface area contributed by atoms with Crippen molar-refractivity contribution >= 4 is 38.5 Å². The van der Waals surface area contributed by atoms with Gasteiger partial charge in [0.15, 0.2) is 0 Å². The fraction of sp³-hybridized carbons (Fsp3) is 0.208. The molecular weight excluding hydrogens is 458 g/mol. The van der Waals surface area contributed by atoms with Crippen LogP contribution in [0.3, 0.4) is 0 Å². The Labute approximate surface area is 197 Å². The second-order valence-electron chi connectivity index (χ2n) is 7.62. The van der Waals surface area contributed by atoms with Crippen molar-refractivity contribution in [3.05, 3.63) is 76.7 Å². The monoisotopic (exact) mass is 483 g/mol. The van der Waals surface area contributed by atoms with Crippen LogP contribution in [0.4, 0.5) is 5.69 Å². The largest absolute Gasteiger partial charge is 0.497 e.